The fraction of sp³-hybridized carbons (Fsp3) is 0.455. The van der Waals surface area contributed by atoms with Crippen molar-refractivity contribution in [1.29, 1.82) is 0 Å². The van der Waals surface area contributed by atoms with Gasteiger partial charge in [-0.2, -0.15) is 11.8 Å². The third kappa shape index (κ3) is 6.68. The van der Waals surface area contributed by atoms with Crippen molar-refractivity contribution in [2.75, 3.05) is 11.6 Å². The van der Waals surface area contributed by atoms with E-state index in [-0.39, 0.29) is 5.75 Å². The first-order chi connectivity index (χ1) is 8.01. The molecule has 0 radical (unpaired) electrons. The lowest BCUT2D eigenvalue weighted by Gasteiger charge is -2.09. The molecule has 0 heterocycles. The van der Waals surface area contributed by atoms with E-state index in [0.29, 0.717) is 5.88 Å². The Bertz CT molecular complexity index is 326. The smallest absolute Gasteiger partial charge is 0.406 e. The monoisotopic (exact) mass is 284 g/mol. The average Bonchev–Trinajstić information content (AvgIpc) is 2.25. The van der Waals surface area contributed by atoms with Gasteiger partial charge in [-0.3, -0.25) is 0 Å². The highest BCUT2D eigenvalue weighted by molar-refractivity contribution is 7.98. The van der Waals surface area contributed by atoms with Crippen molar-refractivity contribution in [3.63, 3.8) is 0 Å². The molecule has 0 aliphatic rings. The Hall–Kier alpha value is -0.550. The van der Waals surface area contributed by atoms with E-state index in [2.05, 4.69) is 4.74 Å². The number of thioether (sulfide) groups is 1. The van der Waals surface area contributed by atoms with Crippen molar-refractivity contribution in [1.82, 2.24) is 0 Å². The molecule has 0 unspecified atom stereocenters. The Morgan fingerprint density at radius 3 is 2.35 bits per heavy atom. The molecule has 1 aromatic carbocycles. The molecular weight excluding hydrogens is 273 g/mol. The van der Waals surface area contributed by atoms with Crippen molar-refractivity contribution >= 4 is 23.4 Å². The molecule has 0 spiro atoms. The number of hydrogen-bond donors (Lipinski definition) is 0. The molecule has 0 aliphatic carbocycles. The van der Waals surface area contributed by atoms with Gasteiger partial charge in [0.25, 0.3) is 0 Å². The number of halogens is 4. The van der Waals surface area contributed by atoms with Crippen molar-refractivity contribution in [3.05, 3.63) is 29.8 Å². The van der Waals surface area contributed by atoms with Gasteiger partial charge in [0.2, 0.25) is 0 Å². The molecule has 6 heteroatoms. The molecule has 0 aromatic heterocycles. The van der Waals surface area contributed by atoms with Gasteiger partial charge in [0.15, 0.2) is 0 Å². The fourth-order valence-corrected chi connectivity index (χ4v) is 2.35. The highest BCUT2D eigenvalue weighted by Gasteiger charge is 2.30. The Kier molecular flexibility index (Phi) is 5.98. The van der Waals surface area contributed by atoms with Crippen LogP contribution >= 0.6 is 23.4 Å². The highest BCUT2D eigenvalue weighted by Crippen LogP contribution is 2.23. The van der Waals surface area contributed by atoms with E-state index >= 15 is 0 Å². The van der Waals surface area contributed by atoms with E-state index in [1.807, 2.05) is 0 Å². The van der Waals surface area contributed by atoms with Crippen LogP contribution < -0.4 is 4.74 Å². The van der Waals surface area contributed by atoms with Gasteiger partial charge in [-0.25, -0.2) is 0 Å². The maximum atomic E-state index is 11.9. The summed E-state index contributed by atoms with van der Waals surface area (Å²) in [7, 11) is 0. The average molecular weight is 285 g/mol. The van der Waals surface area contributed by atoms with Crippen molar-refractivity contribution in [2.24, 2.45) is 0 Å². The summed E-state index contributed by atoms with van der Waals surface area (Å²) < 4.78 is 39.4. The lowest BCUT2D eigenvalue weighted by molar-refractivity contribution is -0.274. The topological polar surface area (TPSA) is 9.23 Å². The van der Waals surface area contributed by atoms with Gasteiger partial charge >= 0.3 is 6.36 Å². The predicted molar refractivity (Wildman–Crippen MR) is 64.6 cm³/mol. The van der Waals surface area contributed by atoms with Crippen LogP contribution in [-0.4, -0.2) is 18.0 Å². The Labute approximate surface area is 107 Å². The van der Waals surface area contributed by atoms with E-state index in [1.54, 1.807) is 23.9 Å². The third-order valence-electron chi connectivity index (χ3n) is 1.85. The molecule has 0 fully saturated rings. The molecule has 0 N–H and O–H groups in total. The van der Waals surface area contributed by atoms with Crippen molar-refractivity contribution < 1.29 is 17.9 Å². The summed E-state index contributed by atoms with van der Waals surface area (Å²) in [6, 6.07) is 5.92. The van der Waals surface area contributed by atoms with Crippen LogP contribution in [0, 0.1) is 0 Å². The van der Waals surface area contributed by atoms with Crippen molar-refractivity contribution in [2.45, 2.75) is 18.5 Å². The second-order valence-electron chi connectivity index (χ2n) is 3.29. The van der Waals surface area contributed by atoms with Gasteiger partial charge < -0.3 is 4.74 Å². The minimum atomic E-state index is -4.63. The van der Waals surface area contributed by atoms with Gasteiger partial charge in [0.05, 0.1) is 0 Å². The van der Waals surface area contributed by atoms with Crippen LogP contribution in [0.15, 0.2) is 24.3 Å². The number of alkyl halides is 4. The summed E-state index contributed by atoms with van der Waals surface area (Å²) in [5.41, 5.74) is 0.971. The van der Waals surface area contributed by atoms with Crippen LogP contribution in [0.1, 0.15) is 12.0 Å². The predicted octanol–water partition coefficient (Wildman–Crippen LogP) is 4.45. The SMILES string of the molecule is FC(F)(F)Oc1ccc(CSCCCCl)cc1. The number of ether oxygens (including phenoxy) is 1. The van der Waals surface area contributed by atoms with Crippen LogP contribution in [0.4, 0.5) is 13.2 Å². The molecule has 1 aromatic rings. The van der Waals surface area contributed by atoms with Crippen LogP contribution in [0.3, 0.4) is 0 Å². The Balaban J connectivity index is 2.39. The van der Waals surface area contributed by atoms with E-state index in [1.165, 1.54) is 12.1 Å². The number of benzene rings is 1. The Morgan fingerprint density at radius 1 is 1.18 bits per heavy atom. The molecule has 0 saturated heterocycles. The van der Waals surface area contributed by atoms with Crippen LogP contribution in [0.2, 0.25) is 0 Å². The van der Waals surface area contributed by atoms with Crippen molar-refractivity contribution in [3.8, 4) is 5.75 Å². The minimum absolute atomic E-state index is 0.188. The van der Waals surface area contributed by atoms with Crippen LogP contribution in [0.25, 0.3) is 0 Å². The maximum absolute atomic E-state index is 11.9. The Morgan fingerprint density at radius 2 is 1.82 bits per heavy atom. The molecule has 1 rings (SSSR count). The molecule has 0 amide bonds. The second-order valence-corrected chi connectivity index (χ2v) is 4.77. The summed E-state index contributed by atoms with van der Waals surface area (Å²) in [6.07, 6.45) is -3.70. The van der Waals surface area contributed by atoms with Gasteiger partial charge in [-0.15, -0.1) is 24.8 Å². The molecule has 0 bridgehead atoms. The summed E-state index contributed by atoms with van der Waals surface area (Å²) in [4.78, 5) is 0. The third-order valence-corrected chi connectivity index (χ3v) is 3.23. The molecule has 96 valence electrons. The lowest BCUT2D eigenvalue weighted by Crippen LogP contribution is -2.16. The van der Waals surface area contributed by atoms with Crippen LogP contribution in [-0.2, 0) is 5.75 Å². The molecule has 0 atom stereocenters. The molecule has 1 nitrogen and oxygen atoms in total. The van der Waals surface area contributed by atoms with E-state index in [4.69, 9.17) is 11.6 Å². The maximum Gasteiger partial charge on any atom is 0.573 e. The zero-order chi connectivity index (χ0) is 12.7. The zero-order valence-corrected chi connectivity index (χ0v) is 10.5. The van der Waals surface area contributed by atoms with Gasteiger partial charge in [-0.1, -0.05) is 12.1 Å². The van der Waals surface area contributed by atoms with E-state index in [9.17, 15) is 13.2 Å². The van der Waals surface area contributed by atoms with E-state index < -0.39 is 6.36 Å². The van der Waals surface area contributed by atoms with Gasteiger partial charge in [0.1, 0.15) is 5.75 Å². The number of hydrogen-bond acceptors (Lipinski definition) is 2. The second kappa shape index (κ2) is 7.01. The zero-order valence-electron chi connectivity index (χ0n) is 8.97. The lowest BCUT2D eigenvalue weighted by atomic mass is 10.2. The minimum Gasteiger partial charge on any atom is -0.406 e. The molecular formula is C11H12ClF3OS. The normalized spacial score (nSPS) is 11.5. The van der Waals surface area contributed by atoms with Crippen LogP contribution in [0.5, 0.6) is 5.75 Å². The quantitative estimate of drug-likeness (QED) is 0.564. The highest BCUT2D eigenvalue weighted by atomic mass is 35.5. The first kappa shape index (κ1) is 14.5. The molecule has 0 saturated carbocycles. The largest absolute Gasteiger partial charge is 0.573 e. The van der Waals surface area contributed by atoms with Gasteiger partial charge in [0, 0.05) is 11.6 Å². The first-order valence-corrected chi connectivity index (χ1v) is 6.68. The molecule has 0 aliphatic heterocycles. The fourth-order valence-electron chi connectivity index (χ4n) is 1.13. The summed E-state index contributed by atoms with van der Waals surface area (Å²) in [5.74, 6) is 2.16. The molecule has 17 heavy (non-hydrogen) atoms. The van der Waals surface area contributed by atoms with E-state index in [0.717, 1.165) is 23.5 Å². The van der Waals surface area contributed by atoms with Gasteiger partial charge in [-0.05, 0) is 29.9 Å². The summed E-state index contributed by atoms with van der Waals surface area (Å²) in [5, 5.41) is 0. The summed E-state index contributed by atoms with van der Waals surface area (Å²) >= 11 is 7.23. The summed E-state index contributed by atoms with van der Waals surface area (Å²) in [6.45, 7) is 0. The number of rotatable bonds is 6. The first-order valence-electron chi connectivity index (χ1n) is 4.99. The standard InChI is InChI=1S/C11H12ClF3OS/c12-6-1-7-17-8-9-2-4-10(5-3-9)16-11(13,14)15/h2-5H,1,6-8H2.